The Labute approximate surface area is 185 Å². The van der Waals surface area contributed by atoms with Crippen LogP contribution in [0.4, 0.5) is 0 Å². The molecule has 0 aliphatic heterocycles. The van der Waals surface area contributed by atoms with Crippen LogP contribution in [0.15, 0.2) is 52.8 Å². The number of aromatic amines is 2. The maximum atomic E-state index is 12.5. The molecule has 0 aliphatic rings. The number of nitrogens with one attached hydrogen (secondary N) is 3. The molecule has 0 unspecified atom stereocenters. The van der Waals surface area contributed by atoms with E-state index in [1.165, 1.54) is 30.2 Å². The van der Waals surface area contributed by atoms with Gasteiger partial charge in [-0.1, -0.05) is 11.8 Å². The number of benzene rings is 1. The first-order chi connectivity index (χ1) is 15.6. The highest BCUT2D eigenvalue weighted by atomic mass is 32.2. The van der Waals surface area contributed by atoms with Crippen LogP contribution in [0.3, 0.4) is 0 Å². The Balaban J connectivity index is 1.35. The van der Waals surface area contributed by atoms with Crippen molar-refractivity contribution in [3.63, 3.8) is 0 Å². The highest BCUT2D eigenvalue weighted by Crippen LogP contribution is 2.13. The number of fused-ring (bicyclic) bond motifs is 1. The normalized spacial score (nSPS) is 10.6. The number of hydrogen-bond acceptors (Lipinski definition) is 9. The summed E-state index contributed by atoms with van der Waals surface area (Å²) in [7, 11) is 0. The zero-order chi connectivity index (χ0) is 22.3. The quantitative estimate of drug-likeness (QED) is 0.267. The number of nitriles is 1. The first-order valence-electron chi connectivity index (χ1n) is 9.40. The molecule has 4 rings (SSSR count). The SMILES string of the molecule is N#Cc1ccc2nc(C(=O)NCc3ccnc(OCCSc4ncn[nH]4)c3)[nH]c(=O)c2c1. The summed E-state index contributed by atoms with van der Waals surface area (Å²) in [6.07, 6.45) is 3.03. The van der Waals surface area contributed by atoms with Gasteiger partial charge in [0.15, 0.2) is 11.0 Å². The van der Waals surface area contributed by atoms with Gasteiger partial charge in [-0.05, 0) is 29.8 Å². The summed E-state index contributed by atoms with van der Waals surface area (Å²) in [5.41, 5.74) is 0.961. The van der Waals surface area contributed by atoms with E-state index in [1.54, 1.807) is 24.4 Å². The molecular formula is C20H16N8O3S. The third-order valence-electron chi connectivity index (χ3n) is 4.27. The third kappa shape index (κ3) is 5.08. The molecule has 0 radical (unpaired) electrons. The van der Waals surface area contributed by atoms with Gasteiger partial charge in [0, 0.05) is 24.6 Å². The molecule has 0 saturated heterocycles. The van der Waals surface area contributed by atoms with Gasteiger partial charge in [-0.3, -0.25) is 14.7 Å². The van der Waals surface area contributed by atoms with Crippen molar-refractivity contribution in [2.24, 2.45) is 0 Å². The predicted octanol–water partition coefficient (Wildman–Crippen LogP) is 1.41. The Hall–Kier alpha value is -4.24. The Morgan fingerprint density at radius 1 is 1.25 bits per heavy atom. The molecule has 0 aliphatic carbocycles. The highest BCUT2D eigenvalue weighted by Gasteiger charge is 2.12. The van der Waals surface area contributed by atoms with E-state index in [1.807, 2.05) is 6.07 Å². The Kier molecular flexibility index (Phi) is 6.38. The minimum Gasteiger partial charge on any atom is -0.477 e. The number of rotatable bonds is 8. The number of carbonyl (C=O) groups is 1. The fourth-order valence-electron chi connectivity index (χ4n) is 2.77. The zero-order valence-electron chi connectivity index (χ0n) is 16.5. The van der Waals surface area contributed by atoms with Crippen LogP contribution in [-0.4, -0.2) is 48.4 Å². The van der Waals surface area contributed by atoms with Crippen molar-refractivity contribution in [3.8, 4) is 11.9 Å². The largest absolute Gasteiger partial charge is 0.477 e. The maximum Gasteiger partial charge on any atom is 0.287 e. The maximum absolute atomic E-state index is 12.5. The van der Waals surface area contributed by atoms with E-state index in [4.69, 9.17) is 10.00 Å². The lowest BCUT2D eigenvalue weighted by molar-refractivity contribution is 0.0940. The number of thioether (sulfide) groups is 1. The van der Waals surface area contributed by atoms with E-state index in [0.29, 0.717) is 34.5 Å². The molecule has 0 saturated carbocycles. The molecule has 4 aromatic rings. The van der Waals surface area contributed by atoms with E-state index in [-0.39, 0.29) is 17.8 Å². The summed E-state index contributed by atoms with van der Waals surface area (Å²) < 4.78 is 5.63. The number of carbonyl (C=O) groups excluding carboxylic acids is 1. The smallest absolute Gasteiger partial charge is 0.287 e. The summed E-state index contributed by atoms with van der Waals surface area (Å²) in [4.78, 5) is 39.6. The standard InChI is InChI=1S/C20H16N8O3S/c21-9-12-1-2-15-14(7-12)18(29)27-17(26-15)19(30)23-10-13-3-4-22-16(8-13)31-5-6-32-20-24-11-25-28-20/h1-4,7-8,11H,5-6,10H2,(H,23,30)(H,24,25,28)(H,26,27,29). The van der Waals surface area contributed by atoms with Crippen molar-refractivity contribution in [1.29, 1.82) is 5.26 Å². The predicted molar refractivity (Wildman–Crippen MR) is 115 cm³/mol. The number of pyridine rings is 1. The monoisotopic (exact) mass is 448 g/mol. The van der Waals surface area contributed by atoms with Gasteiger partial charge in [0.25, 0.3) is 11.5 Å². The molecule has 1 amide bonds. The van der Waals surface area contributed by atoms with Crippen molar-refractivity contribution in [1.82, 2.24) is 35.5 Å². The highest BCUT2D eigenvalue weighted by molar-refractivity contribution is 7.99. The molecule has 32 heavy (non-hydrogen) atoms. The molecule has 1 aromatic carbocycles. The molecule has 11 nitrogen and oxygen atoms in total. The third-order valence-corrected chi connectivity index (χ3v) is 5.11. The zero-order valence-corrected chi connectivity index (χ0v) is 17.3. The van der Waals surface area contributed by atoms with E-state index in [0.717, 1.165) is 5.56 Å². The summed E-state index contributed by atoms with van der Waals surface area (Å²) in [5, 5.41) is 19.2. The van der Waals surface area contributed by atoms with Crippen LogP contribution >= 0.6 is 11.8 Å². The van der Waals surface area contributed by atoms with Gasteiger partial charge >= 0.3 is 0 Å². The van der Waals surface area contributed by atoms with Crippen molar-refractivity contribution < 1.29 is 9.53 Å². The topological polar surface area (TPSA) is 162 Å². The van der Waals surface area contributed by atoms with E-state index < -0.39 is 11.5 Å². The van der Waals surface area contributed by atoms with Crippen LogP contribution in [-0.2, 0) is 6.54 Å². The minimum absolute atomic E-state index is 0.109. The molecule has 0 bridgehead atoms. The molecule has 12 heteroatoms. The summed E-state index contributed by atoms with van der Waals surface area (Å²) >= 11 is 1.48. The lowest BCUT2D eigenvalue weighted by Gasteiger charge is -2.08. The summed E-state index contributed by atoms with van der Waals surface area (Å²) in [5.74, 6) is 0.452. The Morgan fingerprint density at radius 2 is 2.16 bits per heavy atom. The lowest BCUT2D eigenvalue weighted by atomic mass is 10.1. The fraction of sp³-hybridized carbons (Fsp3) is 0.150. The number of ether oxygens (including phenoxy) is 1. The van der Waals surface area contributed by atoms with Gasteiger partial charge in [0.1, 0.15) is 6.33 Å². The lowest BCUT2D eigenvalue weighted by Crippen LogP contribution is -2.27. The van der Waals surface area contributed by atoms with Crippen LogP contribution in [0.5, 0.6) is 5.88 Å². The first-order valence-corrected chi connectivity index (χ1v) is 10.4. The number of amides is 1. The fourth-order valence-corrected chi connectivity index (χ4v) is 3.37. The molecule has 0 spiro atoms. The average Bonchev–Trinajstić information content (AvgIpc) is 3.34. The van der Waals surface area contributed by atoms with Gasteiger partial charge in [-0.15, -0.1) is 0 Å². The molecule has 3 N–H and O–H groups in total. The molecule has 0 atom stereocenters. The molecule has 160 valence electrons. The van der Waals surface area contributed by atoms with E-state index in [2.05, 4.69) is 35.5 Å². The Morgan fingerprint density at radius 3 is 2.97 bits per heavy atom. The van der Waals surface area contributed by atoms with E-state index in [9.17, 15) is 9.59 Å². The van der Waals surface area contributed by atoms with Crippen LogP contribution in [0.25, 0.3) is 10.9 Å². The second kappa shape index (κ2) is 9.71. The van der Waals surface area contributed by atoms with Gasteiger partial charge in [0.2, 0.25) is 5.88 Å². The van der Waals surface area contributed by atoms with Crippen molar-refractivity contribution >= 4 is 28.6 Å². The van der Waals surface area contributed by atoms with Gasteiger partial charge in [-0.25, -0.2) is 15.0 Å². The Bertz CT molecular complexity index is 1350. The second-order valence-corrected chi connectivity index (χ2v) is 7.51. The summed E-state index contributed by atoms with van der Waals surface area (Å²) in [6, 6.07) is 9.95. The van der Waals surface area contributed by atoms with Crippen LogP contribution in [0.2, 0.25) is 0 Å². The number of aromatic nitrogens is 6. The van der Waals surface area contributed by atoms with Gasteiger partial charge in [-0.2, -0.15) is 10.4 Å². The molecule has 3 heterocycles. The van der Waals surface area contributed by atoms with Crippen molar-refractivity contribution in [2.75, 3.05) is 12.4 Å². The average molecular weight is 448 g/mol. The van der Waals surface area contributed by atoms with Crippen molar-refractivity contribution in [2.45, 2.75) is 11.7 Å². The second-order valence-electron chi connectivity index (χ2n) is 6.43. The molecule has 3 aromatic heterocycles. The first kappa shape index (κ1) is 21.0. The molecule has 0 fully saturated rings. The molecular weight excluding hydrogens is 432 g/mol. The van der Waals surface area contributed by atoms with Crippen LogP contribution in [0, 0.1) is 11.3 Å². The number of nitrogens with zero attached hydrogens (tertiary/aromatic N) is 5. The summed E-state index contributed by atoms with van der Waals surface area (Å²) in [6.45, 7) is 0.615. The van der Waals surface area contributed by atoms with Gasteiger partial charge < -0.3 is 15.0 Å². The van der Waals surface area contributed by atoms with Crippen LogP contribution in [0.1, 0.15) is 21.7 Å². The number of H-pyrrole nitrogens is 2. The van der Waals surface area contributed by atoms with Crippen LogP contribution < -0.4 is 15.6 Å². The number of hydrogen-bond donors (Lipinski definition) is 3. The van der Waals surface area contributed by atoms with Gasteiger partial charge in [0.05, 0.1) is 29.1 Å². The minimum atomic E-state index is -0.531. The van der Waals surface area contributed by atoms with Crippen molar-refractivity contribution in [3.05, 3.63) is 70.2 Å². The van der Waals surface area contributed by atoms with E-state index >= 15 is 0 Å².